The zero-order chi connectivity index (χ0) is 11.0. The highest BCUT2D eigenvalue weighted by Gasteiger charge is 2.11. The molecule has 0 saturated heterocycles. The lowest BCUT2D eigenvalue weighted by molar-refractivity contribution is 0.496. The van der Waals surface area contributed by atoms with E-state index in [0.717, 1.165) is 5.22 Å². The summed E-state index contributed by atoms with van der Waals surface area (Å²) in [7, 11) is 0. The molecule has 1 aliphatic heterocycles. The minimum Gasteiger partial charge on any atom is -0.505 e. The molecule has 0 amide bonds. The summed E-state index contributed by atoms with van der Waals surface area (Å²) < 4.78 is 5.50. The van der Waals surface area contributed by atoms with Crippen LogP contribution in [0.1, 0.15) is 5.56 Å². The highest BCUT2D eigenvalue weighted by atomic mass is 16.5. The van der Waals surface area contributed by atoms with E-state index in [-0.39, 0.29) is 5.76 Å². The quantitative estimate of drug-likeness (QED) is 0.704. The third-order valence-corrected chi connectivity index (χ3v) is 2.52. The van der Waals surface area contributed by atoms with Gasteiger partial charge in [-0.2, -0.15) is 0 Å². The molecule has 1 N–H and O–H groups in total. The molecule has 0 saturated carbocycles. The van der Waals surface area contributed by atoms with Gasteiger partial charge in [0, 0.05) is 11.4 Å². The number of aliphatic hydroxyl groups excluding tert-OH is 1. The summed E-state index contributed by atoms with van der Waals surface area (Å²) in [6, 6.07) is 11.0. The van der Waals surface area contributed by atoms with Crippen molar-refractivity contribution in [2.45, 2.75) is 0 Å². The number of rotatable bonds is 0. The zero-order valence-electron chi connectivity index (χ0n) is 8.42. The molecule has 2 heterocycles. The summed E-state index contributed by atoms with van der Waals surface area (Å²) >= 11 is 0. The highest BCUT2D eigenvalue weighted by molar-refractivity contribution is 5.65. The topological polar surface area (TPSA) is 42.4 Å². The second-order valence-corrected chi connectivity index (χ2v) is 3.52. The van der Waals surface area contributed by atoms with Gasteiger partial charge in [-0.25, -0.2) is 0 Å². The third kappa shape index (κ3) is 1.26. The summed E-state index contributed by atoms with van der Waals surface area (Å²) in [5.41, 5.74) is 0.663. The molecule has 0 spiro atoms. The van der Waals surface area contributed by atoms with Crippen LogP contribution in [0, 0.1) is 0 Å². The van der Waals surface area contributed by atoms with Gasteiger partial charge in [-0.05, 0) is 24.3 Å². The maximum atomic E-state index is 10.1. The van der Waals surface area contributed by atoms with E-state index < -0.39 is 0 Å². The first-order valence-electron chi connectivity index (χ1n) is 4.97. The maximum Gasteiger partial charge on any atom is 0.152 e. The lowest BCUT2D eigenvalue weighted by Crippen LogP contribution is -2.29. The number of para-hydroxylation sites is 1. The number of ether oxygens (including phenoxy) is 1. The fraction of sp³-hybridized carbons (Fsp3) is 0. The summed E-state index contributed by atoms with van der Waals surface area (Å²) in [5, 5.41) is 11.5. The molecular weight excluding hydrogens is 202 g/mol. The Labute approximate surface area is 92.0 Å². The van der Waals surface area contributed by atoms with Gasteiger partial charge in [0.1, 0.15) is 17.4 Å². The monoisotopic (exact) mass is 211 g/mol. The van der Waals surface area contributed by atoms with Crippen LogP contribution in [0.3, 0.4) is 0 Å². The predicted octanol–water partition coefficient (Wildman–Crippen LogP) is 0.927. The lowest BCUT2D eigenvalue weighted by atomic mass is 10.1. The average molecular weight is 211 g/mol. The van der Waals surface area contributed by atoms with Crippen LogP contribution in [0.4, 0.5) is 0 Å². The fourth-order valence-electron chi connectivity index (χ4n) is 1.73. The highest BCUT2D eigenvalue weighted by Crippen LogP contribution is 2.23. The van der Waals surface area contributed by atoms with Crippen molar-refractivity contribution >= 4 is 12.0 Å². The molecule has 1 aromatic heterocycles. The van der Waals surface area contributed by atoms with E-state index in [0.29, 0.717) is 16.7 Å². The molecule has 78 valence electrons. The van der Waals surface area contributed by atoms with Gasteiger partial charge in [0.05, 0.1) is 5.56 Å². The standard InChI is InChI=1S/C13H9NO2/c15-13-10-5-1-2-6-11(10)16-8-9-4-3-7-14-12(9)13/h1-8,15H. The molecule has 0 aliphatic carbocycles. The minimum absolute atomic E-state index is 0.153. The van der Waals surface area contributed by atoms with Crippen molar-refractivity contribution in [2.75, 3.05) is 0 Å². The van der Waals surface area contributed by atoms with Crippen LogP contribution in [0.25, 0.3) is 12.0 Å². The summed E-state index contributed by atoms with van der Waals surface area (Å²) in [6.45, 7) is 0. The molecule has 3 rings (SSSR count). The van der Waals surface area contributed by atoms with Crippen LogP contribution in [0.15, 0.2) is 42.6 Å². The Balaban J connectivity index is 2.45. The smallest absolute Gasteiger partial charge is 0.152 e. The van der Waals surface area contributed by atoms with Crippen LogP contribution in [-0.2, 0) is 0 Å². The maximum absolute atomic E-state index is 10.1. The average Bonchev–Trinajstić information content (AvgIpc) is 2.49. The van der Waals surface area contributed by atoms with Crippen LogP contribution in [0.2, 0.25) is 0 Å². The van der Waals surface area contributed by atoms with Crippen LogP contribution in [-0.4, -0.2) is 10.1 Å². The van der Waals surface area contributed by atoms with Crippen LogP contribution < -0.4 is 15.3 Å². The SMILES string of the molecule is OC1=c2ncccc2=COc2ccccc21. The molecular formula is C13H9NO2. The first-order chi connectivity index (χ1) is 7.86. The molecule has 16 heavy (non-hydrogen) atoms. The molecule has 0 radical (unpaired) electrons. The summed E-state index contributed by atoms with van der Waals surface area (Å²) in [5.74, 6) is 0.790. The van der Waals surface area contributed by atoms with Gasteiger partial charge >= 0.3 is 0 Å². The molecule has 2 aromatic rings. The second-order valence-electron chi connectivity index (χ2n) is 3.52. The molecule has 0 bridgehead atoms. The fourth-order valence-corrected chi connectivity index (χ4v) is 1.73. The number of hydrogen-bond donors (Lipinski definition) is 1. The van der Waals surface area contributed by atoms with Crippen LogP contribution >= 0.6 is 0 Å². The molecule has 0 unspecified atom stereocenters. The van der Waals surface area contributed by atoms with Gasteiger partial charge in [-0.1, -0.05) is 12.1 Å². The Morgan fingerprint density at radius 2 is 1.94 bits per heavy atom. The van der Waals surface area contributed by atoms with Gasteiger partial charge in [-0.15, -0.1) is 0 Å². The molecule has 0 atom stereocenters. The number of benzene rings is 1. The minimum atomic E-state index is 0.153. The first kappa shape index (κ1) is 8.97. The van der Waals surface area contributed by atoms with E-state index in [1.807, 2.05) is 36.4 Å². The first-order valence-corrected chi connectivity index (χ1v) is 4.97. The Bertz CT molecular complexity index is 662. The number of nitrogens with zero attached hydrogens (tertiary/aromatic N) is 1. The van der Waals surface area contributed by atoms with Gasteiger partial charge in [-0.3, -0.25) is 4.98 Å². The van der Waals surface area contributed by atoms with Crippen molar-refractivity contribution in [2.24, 2.45) is 0 Å². The van der Waals surface area contributed by atoms with Crippen molar-refractivity contribution in [1.82, 2.24) is 4.98 Å². The zero-order valence-corrected chi connectivity index (χ0v) is 8.42. The molecule has 0 fully saturated rings. The van der Waals surface area contributed by atoms with Crippen molar-refractivity contribution < 1.29 is 9.84 Å². The lowest BCUT2D eigenvalue weighted by Gasteiger charge is -2.04. The molecule has 3 heteroatoms. The van der Waals surface area contributed by atoms with Crippen molar-refractivity contribution in [1.29, 1.82) is 0 Å². The van der Waals surface area contributed by atoms with E-state index in [2.05, 4.69) is 4.98 Å². The number of fused-ring (bicyclic) bond motifs is 2. The van der Waals surface area contributed by atoms with Crippen molar-refractivity contribution in [3.63, 3.8) is 0 Å². The second kappa shape index (κ2) is 3.38. The summed E-state index contributed by atoms with van der Waals surface area (Å²) in [4.78, 5) is 4.16. The van der Waals surface area contributed by atoms with E-state index in [4.69, 9.17) is 4.74 Å². The number of hydrogen-bond acceptors (Lipinski definition) is 3. The predicted molar refractivity (Wildman–Crippen MR) is 60.2 cm³/mol. The molecule has 1 aromatic carbocycles. The van der Waals surface area contributed by atoms with E-state index in [1.165, 1.54) is 0 Å². The number of aliphatic hydroxyl groups is 1. The molecule has 3 nitrogen and oxygen atoms in total. The number of aromatic nitrogens is 1. The van der Waals surface area contributed by atoms with E-state index >= 15 is 0 Å². The van der Waals surface area contributed by atoms with E-state index in [1.54, 1.807) is 12.5 Å². The Morgan fingerprint density at radius 1 is 1.06 bits per heavy atom. The Hall–Kier alpha value is -2.29. The van der Waals surface area contributed by atoms with Crippen molar-refractivity contribution in [3.05, 3.63) is 58.7 Å². The van der Waals surface area contributed by atoms with Crippen molar-refractivity contribution in [3.8, 4) is 5.75 Å². The van der Waals surface area contributed by atoms with E-state index in [9.17, 15) is 5.11 Å². The normalized spacial score (nSPS) is 12.9. The summed E-state index contributed by atoms with van der Waals surface area (Å²) in [6.07, 6.45) is 3.25. The van der Waals surface area contributed by atoms with Crippen LogP contribution in [0.5, 0.6) is 5.75 Å². The Morgan fingerprint density at radius 3 is 2.88 bits per heavy atom. The van der Waals surface area contributed by atoms with Gasteiger partial charge in [0.2, 0.25) is 0 Å². The molecule has 1 aliphatic rings. The van der Waals surface area contributed by atoms with Gasteiger partial charge in [0.15, 0.2) is 5.76 Å². The van der Waals surface area contributed by atoms with Gasteiger partial charge < -0.3 is 9.84 Å². The third-order valence-electron chi connectivity index (χ3n) is 2.52. The Kier molecular flexibility index (Phi) is 1.90. The van der Waals surface area contributed by atoms with Gasteiger partial charge in [0.25, 0.3) is 0 Å². The largest absolute Gasteiger partial charge is 0.505 e. The number of pyridine rings is 1.